The summed E-state index contributed by atoms with van der Waals surface area (Å²) in [6.07, 6.45) is -3.97. The molecule has 2 rings (SSSR count). The second kappa shape index (κ2) is 6.47. The minimum absolute atomic E-state index is 0.0707. The summed E-state index contributed by atoms with van der Waals surface area (Å²) in [6.45, 7) is 2.69. The largest absolute Gasteiger partial charge is 0.391 e. The van der Waals surface area contributed by atoms with Crippen molar-refractivity contribution in [3.8, 4) is 0 Å². The predicted molar refractivity (Wildman–Crippen MR) is 75.0 cm³/mol. The van der Waals surface area contributed by atoms with Gasteiger partial charge in [0.1, 0.15) is 0 Å². The van der Waals surface area contributed by atoms with E-state index in [1.54, 1.807) is 11.0 Å². The normalized spacial score (nSPS) is 17.7. The maximum absolute atomic E-state index is 12.6. The van der Waals surface area contributed by atoms with E-state index in [0.29, 0.717) is 18.8 Å². The zero-order valence-electron chi connectivity index (χ0n) is 11.9. The number of aryl methyl sites for hydroxylation is 1. The molecule has 1 amide bonds. The molecule has 1 aliphatic rings. The van der Waals surface area contributed by atoms with Crippen LogP contribution in [-0.4, -0.2) is 36.6 Å². The third kappa shape index (κ3) is 4.74. The van der Waals surface area contributed by atoms with Gasteiger partial charge >= 0.3 is 6.18 Å². The number of carbonyl (C=O) groups is 1. The van der Waals surface area contributed by atoms with Crippen molar-refractivity contribution in [1.29, 1.82) is 0 Å². The molecule has 1 saturated heterocycles. The highest BCUT2D eigenvalue weighted by molar-refractivity contribution is 5.92. The molecular weight excluding hydrogens is 281 g/mol. The Morgan fingerprint density at radius 2 is 2.00 bits per heavy atom. The quantitative estimate of drug-likeness (QED) is 0.929. The average Bonchev–Trinajstić information content (AvgIpc) is 2.38. The number of piperidine rings is 1. The van der Waals surface area contributed by atoms with Crippen LogP contribution in [0.15, 0.2) is 24.3 Å². The van der Waals surface area contributed by atoms with Gasteiger partial charge in [-0.15, -0.1) is 0 Å². The summed E-state index contributed by atoms with van der Waals surface area (Å²) in [6, 6.07) is 7.42. The number of rotatable bonds is 3. The smallest absolute Gasteiger partial charge is 0.325 e. The van der Waals surface area contributed by atoms with Crippen molar-refractivity contribution < 1.29 is 18.0 Å². The molecule has 0 saturated carbocycles. The van der Waals surface area contributed by atoms with Gasteiger partial charge in [-0.1, -0.05) is 12.1 Å². The maximum atomic E-state index is 12.6. The number of alkyl halides is 3. The van der Waals surface area contributed by atoms with E-state index < -0.39 is 12.1 Å². The lowest BCUT2D eigenvalue weighted by Crippen LogP contribution is -2.42. The zero-order chi connectivity index (χ0) is 15.5. The van der Waals surface area contributed by atoms with Crippen LogP contribution in [0.5, 0.6) is 0 Å². The second-order valence-electron chi connectivity index (χ2n) is 5.51. The maximum Gasteiger partial charge on any atom is 0.391 e. The molecule has 1 aromatic rings. The summed E-state index contributed by atoms with van der Waals surface area (Å²) in [4.78, 5) is 13.7. The lowest BCUT2D eigenvalue weighted by Gasteiger charge is -2.32. The number of anilines is 1. The van der Waals surface area contributed by atoms with E-state index >= 15 is 0 Å². The van der Waals surface area contributed by atoms with Gasteiger partial charge in [0.15, 0.2) is 0 Å². The Morgan fingerprint density at radius 3 is 2.57 bits per heavy atom. The molecule has 1 aromatic carbocycles. The number of carbonyl (C=O) groups excluding carboxylic acids is 1. The molecule has 3 nitrogen and oxygen atoms in total. The summed E-state index contributed by atoms with van der Waals surface area (Å²) in [7, 11) is 0. The first kappa shape index (κ1) is 15.8. The van der Waals surface area contributed by atoms with Crippen LogP contribution in [0.2, 0.25) is 0 Å². The molecule has 0 spiro atoms. The highest BCUT2D eigenvalue weighted by Crippen LogP contribution is 2.33. The Bertz CT molecular complexity index is 494. The van der Waals surface area contributed by atoms with Gasteiger partial charge in [0.05, 0.1) is 12.5 Å². The Kier molecular flexibility index (Phi) is 4.88. The van der Waals surface area contributed by atoms with E-state index in [1.807, 2.05) is 25.1 Å². The van der Waals surface area contributed by atoms with Crippen molar-refractivity contribution in [3.63, 3.8) is 0 Å². The number of benzene rings is 1. The molecule has 21 heavy (non-hydrogen) atoms. The summed E-state index contributed by atoms with van der Waals surface area (Å²) >= 11 is 0. The summed E-state index contributed by atoms with van der Waals surface area (Å²) in [5, 5.41) is 2.77. The van der Waals surface area contributed by atoms with Crippen LogP contribution >= 0.6 is 0 Å². The van der Waals surface area contributed by atoms with Gasteiger partial charge in [-0.05, 0) is 50.6 Å². The number of nitrogens with one attached hydrogen (secondary N) is 1. The van der Waals surface area contributed by atoms with Crippen LogP contribution < -0.4 is 5.32 Å². The molecule has 1 N–H and O–H groups in total. The fourth-order valence-electron chi connectivity index (χ4n) is 2.54. The van der Waals surface area contributed by atoms with E-state index in [1.165, 1.54) is 0 Å². The van der Waals surface area contributed by atoms with E-state index in [9.17, 15) is 18.0 Å². The zero-order valence-corrected chi connectivity index (χ0v) is 11.9. The Hall–Kier alpha value is -1.56. The number of amides is 1. The highest BCUT2D eigenvalue weighted by atomic mass is 19.4. The summed E-state index contributed by atoms with van der Waals surface area (Å²) < 4.78 is 37.7. The standard InChI is InChI=1S/C15H19F3N2O/c1-11-3-2-4-13(9-11)19-14(21)10-20-7-5-12(6-8-20)15(16,17)18/h2-4,9,12H,5-8,10H2,1H3,(H,19,21). The van der Waals surface area contributed by atoms with Crippen molar-refractivity contribution >= 4 is 11.6 Å². The first-order valence-electron chi connectivity index (χ1n) is 7.00. The number of hydrogen-bond donors (Lipinski definition) is 1. The third-order valence-electron chi connectivity index (χ3n) is 3.72. The number of likely N-dealkylation sites (tertiary alicyclic amines) is 1. The lowest BCUT2D eigenvalue weighted by atomic mass is 9.96. The van der Waals surface area contributed by atoms with E-state index in [-0.39, 0.29) is 25.3 Å². The van der Waals surface area contributed by atoms with Crippen molar-refractivity contribution in [2.75, 3.05) is 25.0 Å². The predicted octanol–water partition coefficient (Wildman–Crippen LogP) is 3.21. The average molecular weight is 300 g/mol. The lowest BCUT2D eigenvalue weighted by molar-refractivity contribution is -0.184. The van der Waals surface area contributed by atoms with Crippen LogP contribution in [0.1, 0.15) is 18.4 Å². The van der Waals surface area contributed by atoms with Crippen LogP contribution in [-0.2, 0) is 4.79 Å². The summed E-state index contributed by atoms with van der Waals surface area (Å²) in [5.41, 5.74) is 1.75. The Labute approximate surface area is 122 Å². The Morgan fingerprint density at radius 1 is 1.33 bits per heavy atom. The molecule has 6 heteroatoms. The molecule has 0 unspecified atom stereocenters. The molecule has 1 heterocycles. The van der Waals surface area contributed by atoms with E-state index in [0.717, 1.165) is 5.56 Å². The van der Waals surface area contributed by atoms with Crippen molar-refractivity contribution in [3.05, 3.63) is 29.8 Å². The molecular formula is C15H19F3N2O. The van der Waals surface area contributed by atoms with Gasteiger partial charge in [0.2, 0.25) is 5.91 Å². The fraction of sp³-hybridized carbons (Fsp3) is 0.533. The molecule has 0 atom stereocenters. The van der Waals surface area contributed by atoms with Crippen LogP contribution in [0.25, 0.3) is 0 Å². The van der Waals surface area contributed by atoms with Gasteiger partial charge in [-0.2, -0.15) is 13.2 Å². The van der Waals surface area contributed by atoms with Crippen molar-refractivity contribution in [2.24, 2.45) is 5.92 Å². The molecule has 1 aliphatic heterocycles. The van der Waals surface area contributed by atoms with Gasteiger partial charge < -0.3 is 5.32 Å². The monoisotopic (exact) mass is 300 g/mol. The highest BCUT2D eigenvalue weighted by Gasteiger charge is 2.41. The second-order valence-corrected chi connectivity index (χ2v) is 5.51. The van der Waals surface area contributed by atoms with Gasteiger partial charge in [0, 0.05) is 5.69 Å². The number of nitrogens with zero attached hydrogens (tertiary/aromatic N) is 1. The fourth-order valence-corrected chi connectivity index (χ4v) is 2.54. The van der Waals surface area contributed by atoms with Crippen LogP contribution in [0.3, 0.4) is 0 Å². The number of hydrogen-bond acceptors (Lipinski definition) is 2. The van der Waals surface area contributed by atoms with Crippen LogP contribution in [0.4, 0.5) is 18.9 Å². The first-order chi connectivity index (χ1) is 9.84. The molecule has 0 bridgehead atoms. The molecule has 1 fully saturated rings. The first-order valence-corrected chi connectivity index (χ1v) is 7.00. The third-order valence-corrected chi connectivity index (χ3v) is 3.72. The van der Waals surface area contributed by atoms with Gasteiger partial charge in [0.25, 0.3) is 0 Å². The molecule has 0 aliphatic carbocycles. The van der Waals surface area contributed by atoms with E-state index in [2.05, 4.69) is 5.32 Å². The molecule has 116 valence electrons. The van der Waals surface area contributed by atoms with Gasteiger partial charge in [-0.25, -0.2) is 0 Å². The minimum Gasteiger partial charge on any atom is -0.325 e. The van der Waals surface area contributed by atoms with E-state index in [4.69, 9.17) is 0 Å². The van der Waals surface area contributed by atoms with Crippen molar-refractivity contribution in [1.82, 2.24) is 4.90 Å². The van der Waals surface area contributed by atoms with Crippen LogP contribution in [0, 0.1) is 12.8 Å². The summed E-state index contributed by atoms with van der Waals surface area (Å²) in [5.74, 6) is -1.42. The molecule has 0 radical (unpaired) electrons. The topological polar surface area (TPSA) is 32.3 Å². The number of halogens is 3. The van der Waals surface area contributed by atoms with Crippen molar-refractivity contribution in [2.45, 2.75) is 25.9 Å². The Balaban J connectivity index is 1.79. The SMILES string of the molecule is Cc1cccc(NC(=O)CN2CCC(C(F)(F)F)CC2)c1. The minimum atomic E-state index is -4.12. The van der Waals surface area contributed by atoms with Gasteiger partial charge in [-0.3, -0.25) is 9.69 Å². The molecule has 0 aromatic heterocycles.